The number of benzene rings is 2. The number of rotatable bonds is 7. The van der Waals surface area contributed by atoms with Gasteiger partial charge < -0.3 is 14.0 Å². The number of hydrogen-bond donors (Lipinski definition) is 0. The molecule has 1 aromatic heterocycles. The summed E-state index contributed by atoms with van der Waals surface area (Å²) in [5, 5.41) is 4.15. The standard InChI is InChI=1S/C21H22N2O4S.Na/c1-3-4-10-19(24)23-28(25,26)18-13-11-16(12-14-18)20-15(2)27-22-21(20)17-8-6-5-7-9-17;/h5-9,11-14H,3-4,10H2,1-2H3,(H,23,24);/q;+1/p-1. The summed E-state index contributed by atoms with van der Waals surface area (Å²) < 4.78 is 33.4. The molecule has 0 unspecified atom stereocenters. The van der Waals surface area contributed by atoms with E-state index in [1.165, 1.54) is 12.1 Å². The smallest absolute Gasteiger partial charge is 0.542 e. The summed E-state index contributed by atoms with van der Waals surface area (Å²) in [7, 11) is -4.01. The zero-order chi connectivity index (χ0) is 20.1. The first kappa shape index (κ1) is 23.3. The monoisotopic (exact) mass is 420 g/mol. The quantitative estimate of drug-likeness (QED) is 0.546. The first-order chi connectivity index (χ1) is 13.4. The number of nitrogens with zero attached hydrogens (tertiary/aromatic N) is 2. The van der Waals surface area contributed by atoms with Gasteiger partial charge in [0.1, 0.15) is 21.5 Å². The maximum atomic E-state index is 12.3. The number of unbranched alkanes of at least 4 members (excludes halogenated alkanes) is 1. The van der Waals surface area contributed by atoms with Gasteiger partial charge >= 0.3 is 29.6 Å². The Morgan fingerprint density at radius 2 is 1.69 bits per heavy atom. The number of hydrogen-bond acceptors (Lipinski definition) is 5. The van der Waals surface area contributed by atoms with Gasteiger partial charge in [0.25, 0.3) is 0 Å². The fourth-order valence-electron chi connectivity index (χ4n) is 2.86. The largest absolute Gasteiger partial charge is 1.00 e. The Morgan fingerprint density at radius 1 is 1.03 bits per heavy atom. The second-order valence-electron chi connectivity index (χ2n) is 6.42. The van der Waals surface area contributed by atoms with Gasteiger partial charge in [-0.1, -0.05) is 61.0 Å². The van der Waals surface area contributed by atoms with Gasteiger partial charge in [-0.2, -0.15) is 0 Å². The van der Waals surface area contributed by atoms with E-state index >= 15 is 0 Å². The van der Waals surface area contributed by atoms with Crippen molar-refractivity contribution in [1.82, 2.24) is 5.16 Å². The van der Waals surface area contributed by atoms with Crippen LogP contribution < -0.4 is 29.6 Å². The number of aromatic nitrogens is 1. The molecule has 0 fully saturated rings. The molecule has 0 spiro atoms. The van der Waals surface area contributed by atoms with E-state index in [0.29, 0.717) is 17.9 Å². The van der Waals surface area contributed by atoms with Crippen LogP contribution in [-0.4, -0.2) is 19.5 Å². The normalized spacial score (nSPS) is 11.0. The fourth-order valence-corrected chi connectivity index (χ4v) is 3.80. The van der Waals surface area contributed by atoms with Crippen molar-refractivity contribution in [2.45, 2.75) is 38.0 Å². The minimum atomic E-state index is -4.01. The second-order valence-corrected chi connectivity index (χ2v) is 8.02. The molecule has 0 aliphatic rings. The Kier molecular flexibility index (Phi) is 8.22. The van der Waals surface area contributed by atoms with Crippen molar-refractivity contribution in [2.24, 2.45) is 0 Å². The predicted molar refractivity (Wildman–Crippen MR) is 107 cm³/mol. The number of sulfonamides is 1. The van der Waals surface area contributed by atoms with Crippen molar-refractivity contribution in [3.05, 3.63) is 65.1 Å². The van der Waals surface area contributed by atoms with Gasteiger partial charge in [0.05, 0.1) is 16.4 Å². The Labute approximate surface area is 193 Å². The van der Waals surface area contributed by atoms with Crippen LogP contribution in [0.5, 0.6) is 0 Å². The van der Waals surface area contributed by atoms with E-state index in [-0.39, 0.29) is 40.9 Å². The molecule has 0 radical (unpaired) electrons. The molecule has 3 aromatic rings. The van der Waals surface area contributed by atoms with E-state index in [4.69, 9.17) is 4.52 Å². The van der Waals surface area contributed by atoms with Crippen molar-refractivity contribution in [3.8, 4) is 22.4 Å². The molecule has 146 valence electrons. The van der Waals surface area contributed by atoms with Crippen LogP contribution in [-0.2, 0) is 14.8 Å². The molecule has 3 rings (SSSR count). The Bertz CT molecular complexity index is 1060. The zero-order valence-electron chi connectivity index (χ0n) is 16.8. The van der Waals surface area contributed by atoms with E-state index in [1.54, 1.807) is 19.1 Å². The average Bonchev–Trinajstić information content (AvgIpc) is 3.08. The topological polar surface area (TPSA) is 91.3 Å². The molecule has 0 aliphatic heterocycles. The van der Waals surface area contributed by atoms with Crippen molar-refractivity contribution in [3.63, 3.8) is 0 Å². The molecule has 8 heteroatoms. The van der Waals surface area contributed by atoms with E-state index in [0.717, 1.165) is 23.1 Å². The van der Waals surface area contributed by atoms with E-state index in [9.17, 15) is 13.2 Å². The molecule has 0 saturated heterocycles. The molecule has 0 bridgehead atoms. The van der Waals surface area contributed by atoms with Gasteiger partial charge in [0.15, 0.2) is 0 Å². The van der Waals surface area contributed by atoms with Crippen LogP contribution in [0.2, 0.25) is 0 Å². The Morgan fingerprint density at radius 3 is 2.31 bits per heavy atom. The second kappa shape index (κ2) is 10.2. The predicted octanol–water partition coefficient (Wildman–Crippen LogP) is 2.10. The van der Waals surface area contributed by atoms with Crippen molar-refractivity contribution in [2.75, 3.05) is 0 Å². The molecule has 29 heavy (non-hydrogen) atoms. The Balaban J connectivity index is 0.00000300. The summed E-state index contributed by atoms with van der Waals surface area (Å²) in [6.45, 7) is 3.73. The van der Waals surface area contributed by atoms with Gasteiger partial charge in [-0.05, 0) is 37.5 Å². The van der Waals surface area contributed by atoms with Crippen LogP contribution in [0.25, 0.3) is 27.1 Å². The van der Waals surface area contributed by atoms with Crippen LogP contribution in [0.3, 0.4) is 0 Å². The fraction of sp³-hybridized carbons (Fsp3) is 0.238. The van der Waals surface area contributed by atoms with Gasteiger partial charge in [-0.25, -0.2) is 8.42 Å². The first-order valence-corrected chi connectivity index (χ1v) is 10.5. The van der Waals surface area contributed by atoms with Crippen LogP contribution >= 0.6 is 0 Å². The number of carbonyl (C=O) groups is 1. The molecule has 0 saturated carbocycles. The van der Waals surface area contributed by atoms with Gasteiger partial charge in [-0.15, -0.1) is 0 Å². The summed E-state index contributed by atoms with van der Waals surface area (Å²) in [6.07, 6.45) is 1.55. The number of aryl methyl sites for hydroxylation is 1. The summed E-state index contributed by atoms with van der Waals surface area (Å²) >= 11 is 0. The third-order valence-electron chi connectivity index (χ3n) is 4.32. The molecule has 1 amide bonds. The first-order valence-electron chi connectivity index (χ1n) is 9.05. The molecule has 2 aromatic carbocycles. The average molecular weight is 420 g/mol. The van der Waals surface area contributed by atoms with Crippen molar-refractivity contribution in [1.29, 1.82) is 0 Å². The summed E-state index contributed by atoms with van der Waals surface area (Å²) in [6, 6.07) is 15.8. The minimum absolute atomic E-state index is 0. The van der Waals surface area contributed by atoms with Crippen LogP contribution in [0.15, 0.2) is 64.0 Å². The summed E-state index contributed by atoms with van der Waals surface area (Å²) in [5.74, 6) is 0.0149. The van der Waals surface area contributed by atoms with Gasteiger partial charge in [0, 0.05) is 5.56 Å². The number of amides is 1. The maximum Gasteiger partial charge on any atom is 1.00 e. The molecule has 0 aliphatic carbocycles. The molecular formula is C21H21N2NaO4S. The van der Waals surface area contributed by atoms with Crippen LogP contribution in [0.4, 0.5) is 0 Å². The SMILES string of the molecule is CCCCC(=O)[N-]S(=O)(=O)c1ccc(-c2c(-c3ccccc3)noc2C)cc1.[Na+]. The molecule has 6 nitrogen and oxygen atoms in total. The summed E-state index contributed by atoms with van der Waals surface area (Å²) in [4.78, 5) is 11.7. The maximum absolute atomic E-state index is 12.3. The van der Waals surface area contributed by atoms with Gasteiger partial charge in [0.2, 0.25) is 0 Å². The zero-order valence-corrected chi connectivity index (χ0v) is 19.6. The third kappa shape index (κ3) is 5.57. The van der Waals surface area contributed by atoms with Crippen LogP contribution in [0, 0.1) is 6.92 Å². The Hall–Kier alpha value is -1.93. The van der Waals surface area contributed by atoms with E-state index in [2.05, 4.69) is 9.88 Å². The molecular weight excluding hydrogens is 399 g/mol. The third-order valence-corrected chi connectivity index (χ3v) is 5.63. The van der Waals surface area contributed by atoms with Crippen molar-refractivity contribution < 1.29 is 47.3 Å². The van der Waals surface area contributed by atoms with Crippen molar-refractivity contribution >= 4 is 15.9 Å². The minimum Gasteiger partial charge on any atom is -0.542 e. The van der Waals surface area contributed by atoms with Gasteiger partial charge in [-0.3, -0.25) is 0 Å². The van der Waals surface area contributed by atoms with Crippen LogP contribution in [0.1, 0.15) is 31.9 Å². The molecule has 1 heterocycles. The molecule has 0 atom stereocenters. The summed E-state index contributed by atoms with van der Waals surface area (Å²) in [5.41, 5.74) is 3.16. The van der Waals surface area contributed by atoms with E-state index in [1.807, 2.05) is 37.3 Å². The molecule has 0 N–H and O–H groups in total. The number of carbonyl (C=O) groups excluding carboxylic acids is 1. The van der Waals surface area contributed by atoms with E-state index < -0.39 is 15.9 Å².